The molecule has 1 aromatic carbocycles. The molecule has 0 bridgehead atoms. The molecule has 0 N–H and O–H groups in total. The Morgan fingerprint density at radius 1 is 0.955 bits per heavy atom. The molecule has 2 heteroatoms. The van der Waals surface area contributed by atoms with Gasteiger partial charge in [-0.15, -0.1) is 0 Å². The normalized spacial score (nSPS) is 11.8. The van der Waals surface area contributed by atoms with E-state index < -0.39 is 0 Å². The lowest BCUT2D eigenvalue weighted by molar-refractivity contribution is 0.534. The Bertz CT molecular complexity index is 575. The first-order chi connectivity index (χ1) is 10.5. The minimum absolute atomic E-state index is 0.968. The maximum absolute atomic E-state index is 4.83. The molecule has 0 radical (unpaired) electrons. The van der Waals surface area contributed by atoms with Crippen LogP contribution in [0.5, 0.6) is 0 Å². The highest BCUT2D eigenvalue weighted by molar-refractivity contribution is 5.45. The fourth-order valence-corrected chi connectivity index (χ4v) is 1.76. The first-order valence-corrected chi connectivity index (χ1v) is 7.55. The van der Waals surface area contributed by atoms with Crippen LogP contribution in [-0.2, 0) is 0 Å². The lowest BCUT2D eigenvalue weighted by Gasteiger charge is -2.11. The van der Waals surface area contributed by atoms with E-state index >= 15 is 0 Å². The molecule has 0 unspecified atom stereocenters. The molecule has 1 aromatic heterocycles. The highest BCUT2D eigenvalue weighted by atomic mass is 16.3. The summed E-state index contributed by atoms with van der Waals surface area (Å²) < 4.78 is 4.83. The topological polar surface area (TPSA) is 16.4 Å². The summed E-state index contributed by atoms with van der Waals surface area (Å²) >= 11 is 0. The van der Waals surface area contributed by atoms with Crippen LogP contribution in [0.25, 0.3) is 0 Å². The maximum Gasteiger partial charge on any atom is 0.100 e. The summed E-state index contributed by atoms with van der Waals surface area (Å²) in [6.45, 7) is 6.15. The van der Waals surface area contributed by atoms with Crippen molar-refractivity contribution in [1.29, 1.82) is 0 Å². The minimum atomic E-state index is 0.968. The van der Waals surface area contributed by atoms with Gasteiger partial charge in [0.15, 0.2) is 0 Å². The van der Waals surface area contributed by atoms with E-state index in [9.17, 15) is 0 Å². The molecule has 1 aliphatic rings. The third-order valence-electron chi connectivity index (χ3n) is 3.17. The molecule has 0 saturated carbocycles. The smallest absolute Gasteiger partial charge is 0.100 e. The average Bonchev–Trinajstić information content (AvgIpc) is 3.14. The molecule has 3 rings (SSSR count). The van der Waals surface area contributed by atoms with Crippen molar-refractivity contribution in [2.45, 2.75) is 27.2 Å². The second-order valence-electron chi connectivity index (χ2n) is 5.60. The lowest BCUT2D eigenvalue weighted by atomic mass is 10.2. The average molecular weight is 297 g/mol. The Kier molecular flexibility index (Phi) is 7.84. The number of benzene rings is 1. The highest BCUT2D eigenvalue weighted by Crippen LogP contribution is 2.10. The standard InChI is InChI=1S/C9H13N.C6H8.C5H6O/c1-8-4-6-9(7-5-8)10(2)3;1-6-4-2-3-5-6;1-5-3-2-4-6-5/h4-7H,1-3H3;2-4H,5H2,1H3;2-4H,1H3. The number of anilines is 1. The first kappa shape index (κ1) is 17.8. The predicted octanol–water partition coefficient (Wildman–Crippen LogP) is 5.54. The fraction of sp³-hybridized carbons (Fsp3) is 0.300. The van der Waals surface area contributed by atoms with Crippen molar-refractivity contribution in [3.63, 3.8) is 0 Å². The Hall–Kier alpha value is -2.22. The van der Waals surface area contributed by atoms with Crippen LogP contribution in [0.3, 0.4) is 0 Å². The predicted molar refractivity (Wildman–Crippen MR) is 96.5 cm³/mol. The molecular formula is C20H27NO. The quantitative estimate of drug-likeness (QED) is 0.687. The van der Waals surface area contributed by atoms with Gasteiger partial charge in [0.2, 0.25) is 0 Å². The van der Waals surface area contributed by atoms with Gasteiger partial charge in [-0.2, -0.15) is 0 Å². The monoisotopic (exact) mass is 297 g/mol. The highest BCUT2D eigenvalue weighted by Gasteiger charge is 1.90. The summed E-state index contributed by atoms with van der Waals surface area (Å²) in [5, 5.41) is 0. The molecule has 0 aliphatic heterocycles. The Labute approximate surface area is 134 Å². The van der Waals surface area contributed by atoms with Crippen LogP contribution in [0.2, 0.25) is 0 Å². The minimum Gasteiger partial charge on any atom is -0.470 e. The van der Waals surface area contributed by atoms with E-state index in [4.69, 9.17) is 4.42 Å². The number of furan rings is 1. The summed E-state index contributed by atoms with van der Waals surface area (Å²) in [5.41, 5.74) is 4.03. The van der Waals surface area contributed by atoms with Crippen molar-refractivity contribution in [3.05, 3.63) is 77.8 Å². The second-order valence-corrected chi connectivity index (χ2v) is 5.60. The Morgan fingerprint density at radius 2 is 1.64 bits per heavy atom. The van der Waals surface area contributed by atoms with E-state index in [0.29, 0.717) is 0 Å². The molecule has 2 nitrogen and oxygen atoms in total. The van der Waals surface area contributed by atoms with Crippen molar-refractivity contribution < 1.29 is 4.42 Å². The molecule has 118 valence electrons. The van der Waals surface area contributed by atoms with Gasteiger partial charge in [0.1, 0.15) is 5.76 Å². The zero-order valence-electron chi connectivity index (χ0n) is 14.3. The molecule has 0 saturated heterocycles. The van der Waals surface area contributed by atoms with Gasteiger partial charge in [0, 0.05) is 19.8 Å². The summed E-state index contributed by atoms with van der Waals surface area (Å²) in [5.74, 6) is 0.968. The van der Waals surface area contributed by atoms with Crippen molar-refractivity contribution in [2.75, 3.05) is 19.0 Å². The number of allylic oxidation sites excluding steroid dienone is 4. The van der Waals surface area contributed by atoms with E-state index in [0.717, 1.165) is 5.76 Å². The third kappa shape index (κ3) is 7.53. The molecule has 0 atom stereocenters. The van der Waals surface area contributed by atoms with E-state index in [-0.39, 0.29) is 0 Å². The van der Waals surface area contributed by atoms with Gasteiger partial charge >= 0.3 is 0 Å². The van der Waals surface area contributed by atoms with Gasteiger partial charge < -0.3 is 9.32 Å². The summed E-state index contributed by atoms with van der Waals surface area (Å²) in [6, 6.07) is 12.3. The summed E-state index contributed by atoms with van der Waals surface area (Å²) in [7, 11) is 4.09. The lowest BCUT2D eigenvalue weighted by Crippen LogP contribution is -2.07. The largest absolute Gasteiger partial charge is 0.470 e. The van der Waals surface area contributed by atoms with Crippen molar-refractivity contribution in [2.24, 2.45) is 0 Å². The maximum atomic E-state index is 4.83. The number of hydrogen-bond acceptors (Lipinski definition) is 2. The molecule has 0 spiro atoms. The summed E-state index contributed by atoms with van der Waals surface area (Å²) in [4.78, 5) is 2.10. The zero-order chi connectivity index (χ0) is 16.4. The van der Waals surface area contributed by atoms with Gasteiger partial charge in [0.25, 0.3) is 0 Å². The van der Waals surface area contributed by atoms with Crippen molar-refractivity contribution >= 4 is 5.69 Å². The number of hydrogen-bond donors (Lipinski definition) is 0. The van der Waals surface area contributed by atoms with Crippen LogP contribution in [0.15, 0.2) is 70.9 Å². The molecule has 1 aliphatic carbocycles. The van der Waals surface area contributed by atoms with Crippen molar-refractivity contribution in [1.82, 2.24) is 0 Å². The van der Waals surface area contributed by atoms with E-state index in [1.807, 2.05) is 33.2 Å². The molecule has 2 aromatic rings. The van der Waals surface area contributed by atoms with Crippen LogP contribution in [0.4, 0.5) is 5.69 Å². The summed E-state index contributed by atoms with van der Waals surface area (Å²) in [6.07, 6.45) is 9.22. The molecular weight excluding hydrogens is 270 g/mol. The van der Waals surface area contributed by atoms with E-state index in [1.165, 1.54) is 23.2 Å². The fourth-order valence-electron chi connectivity index (χ4n) is 1.76. The van der Waals surface area contributed by atoms with E-state index in [1.54, 1.807) is 6.26 Å². The van der Waals surface area contributed by atoms with Crippen LogP contribution in [0, 0.1) is 13.8 Å². The number of rotatable bonds is 1. The number of nitrogens with zero attached hydrogens (tertiary/aromatic N) is 1. The SMILES string of the molecule is CC1=CC=CC1.Cc1ccc(N(C)C)cc1.Cc1ccco1. The zero-order valence-corrected chi connectivity index (χ0v) is 14.3. The van der Waals surface area contributed by atoms with Gasteiger partial charge in [-0.1, -0.05) is 41.5 Å². The van der Waals surface area contributed by atoms with Crippen LogP contribution in [-0.4, -0.2) is 14.1 Å². The second kappa shape index (κ2) is 9.67. The molecule has 0 fully saturated rings. The van der Waals surface area contributed by atoms with Crippen LogP contribution < -0.4 is 4.90 Å². The molecule has 1 heterocycles. The van der Waals surface area contributed by atoms with Gasteiger partial charge in [-0.25, -0.2) is 0 Å². The Morgan fingerprint density at radius 3 is 1.91 bits per heavy atom. The van der Waals surface area contributed by atoms with Crippen LogP contribution >= 0.6 is 0 Å². The van der Waals surface area contributed by atoms with Crippen LogP contribution in [0.1, 0.15) is 24.7 Å². The van der Waals surface area contributed by atoms with Gasteiger partial charge in [-0.05, 0) is 51.5 Å². The third-order valence-corrected chi connectivity index (χ3v) is 3.17. The van der Waals surface area contributed by atoms with Gasteiger partial charge in [0.05, 0.1) is 6.26 Å². The van der Waals surface area contributed by atoms with Crippen molar-refractivity contribution in [3.8, 4) is 0 Å². The Balaban J connectivity index is 0.000000174. The number of aryl methyl sites for hydroxylation is 2. The van der Waals surface area contributed by atoms with Gasteiger partial charge in [-0.3, -0.25) is 0 Å². The molecule has 22 heavy (non-hydrogen) atoms. The first-order valence-electron chi connectivity index (χ1n) is 7.55. The molecule has 0 amide bonds. The van der Waals surface area contributed by atoms with E-state index in [2.05, 4.69) is 61.2 Å².